The molecule has 0 saturated carbocycles. The van der Waals surface area contributed by atoms with E-state index in [0.29, 0.717) is 6.42 Å². The number of rotatable bonds is 6. The number of carboxylic acids is 1. The minimum atomic E-state index is -0.747. The summed E-state index contributed by atoms with van der Waals surface area (Å²) in [5, 5.41) is 16.8. The van der Waals surface area contributed by atoms with Crippen LogP contribution in [0.3, 0.4) is 0 Å². The van der Waals surface area contributed by atoms with E-state index in [1.165, 1.54) is 5.56 Å². The molecule has 0 spiro atoms. The van der Waals surface area contributed by atoms with Crippen LogP contribution in [0.15, 0.2) is 30.5 Å². The van der Waals surface area contributed by atoms with E-state index in [2.05, 4.69) is 10.3 Å². The molecule has 1 aromatic heterocycles. The number of unbranched alkanes of at least 4 members (excludes halogenated alkanes) is 1. The van der Waals surface area contributed by atoms with Crippen molar-refractivity contribution in [3.8, 4) is 5.69 Å². The highest BCUT2D eigenvalue weighted by atomic mass is 16.4. The van der Waals surface area contributed by atoms with Crippen LogP contribution in [0.1, 0.15) is 30.5 Å². The topological polar surface area (TPSA) is 68.0 Å². The van der Waals surface area contributed by atoms with E-state index in [1.54, 1.807) is 4.68 Å². The average molecular weight is 259 g/mol. The molecule has 5 heteroatoms. The number of aromatic nitrogens is 3. The summed E-state index contributed by atoms with van der Waals surface area (Å²) in [6.07, 6.45) is 4.37. The largest absolute Gasteiger partial charge is 0.481 e. The van der Waals surface area contributed by atoms with E-state index in [0.717, 1.165) is 24.2 Å². The molecule has 0 unspecified atom stereocenters. The Balaban J connectivity index is 1.94. The Hall–Kier alpha value is -2.17. The maximum absolute atomic E-state index is 10.4. The van der Waals surface area contributed by atoms with Crippen molar-refractivity contribution in [2.24, 2.45) is 0 Å². The average Bonchev–Trinajstić information content (AvgIpc) is 2.83. The fraction of sp³-hybridized carbons (Fsp3) is 0.357. The van der Waals surface area contributed by atoms with Crippen molar-refractivity contribution < 1.29 is 9.90 Å². The first-order chi connectivity index (χ1) is 9.15. The van der Waals surface area contributed by atoms with Crippen LogP contribution >= 0.6 is 0 Å². The van der Waals surface area contributed by atoms with Gasteiger partial charge in [-0.15, -0.1) is 5.10 Å². The number of aliphatic carboxylic acids is 1. The normalized spacial score (nSPS) is 10.6. The quantitative estimate of drug-likeness (QED) is 0.809. The van der Waals surface area contributed by atoms with E-state index < -0.39 is 5.97 Å². The summed E-state index contributed by atoms with van der Waals surface area (Å²) in [7, 11) is 0. The van der Waals surface area contributed by atoms with Gasteiger partial charge in [0.15, 0.2) is 0 Å². The van der Waals surface area contributed by atoms with Crippen molar-refractivity contribution in [3.63, 3.8) is 0 Å². The van der Waals surface area contributed by atoms with E-state index in [-0.39, 0.29) is 6.42 Å². The van der Waals surface area contributed by atoms with Gasteiger partial charge in [0.1, 0.15) is 0 Å². The first-order valence-electron chi connectivity index (χ1n) is 6.35. The third kappa shape index (κ3) is 3.91. The molecule has 0 saturated heterocycles. The molecule has 5 nitrogen and oxygen atoms in total. The van der Waals surface area contributed by atoms with E-state index >= 15 is 0 Å². The third-order valence-electron chi connectivity index (χ3n) is 2.88. The Bertz CT molecular complexity index is 563. The van der Waals surface area contributed by atoms with Crippen LogP contribution in [0.5, 0.6) is 0 Å². The molecule has 100 valence electrons. The number of benzene rings is 1. The zero-order chi connectivity index (χ0) is 13.7. The second-order valence-electron chi connectivity index (χ2n) is 4.59. The second kappa shape index (κ2) is 6.13. The minimum absolute atomic E-state index is 0.214. The summed E-state index contributed by atoms with van der Waals surface area (Å²) >= 11 is 0. The van der Waals surface area contributed by atoms with Crippen LogP contribution in [-0.2, 0) is 11.2 Å². The molecule has 0 radical (unpaired) electrons. The van der Waals surface area contributed by atoms with Gasteiger partial charge < -0.3 is 5.11 Å². The van der Waals surface area contributed by atoms with Gasteiger partial charge >= 0.3 is 5.97 Å². The van der Waals surface area contributed by atoms with Gasteiger partial charge in [0.05, 0.1) is 17.6 Å². The van der Waals surface area contributed by atoms with Crippen molar-refractivity contribution in [2.75, 3.05) is 0 Å². The van der Waals surface area contributed by atoms with E-state index in [9.17, 15) is 4.79 Å². The van der Waals surface area contributed by atoms with Gasteiger partial charge in [-0.25, -0.2) is 4.68 Å². The first-order valence-corrected chi connectivity index (χ1v) is 6.35. The Morgan fingerprint density at radius 2 is 2.21 bits per heavy atom. The SMILES string of the molecule is Cc1cccc(-n2cc(CCCCC(=O)O)nn2)c1. The Morgan fingerprint density at radius 1 is 1.37 bits per heavy atom. The zero-order valence-corrected chi connectivity index (χ0v) is 10.9. The molecular weight excluding hydrogens is 242 g/mol. The molecule has 1 heterocycles. The fourth-order valence-corrected chi connectivity index (χ4v) is 1.89. The number of aryl methyl sites for hydroxylation is 2. The van der Waals surface area contributed by atoms with Gasteiger partial charge in [-0.3, -0.25) is 4.79 Å². The Labute approximate surface area is 111 Å². The standard InChI is InChI=1S/C14H17N3O2/c1-11-5-4-7-13(9-11)17-10-12(15-16-17)6-2-3-8-14(18)19/h4-5,7,9-10H,2-3,6,8H2,1H3,(H,18,19). The predicted molar refractivity (Wildman–Crippen MR) is 71.3 cm³/mol. The molecular formula is C14H17N3O2. The molecule has 2 aromatic rings. The van der Waals surface area contributed by atoms with Gasteiger partial charge in [-0.2, -0.15) is 0 Å². The maximum Gasteiger partial charge on any atom is 0.303 e. The predicted octanol–water partition coefficient (Wildman–Crippen LogP) is 2.37. The van der Waals surface area contributed by atoms with Gasteiger partial charge in [0, 0.05) is 6.42 Å². The molecule has 19 heavy (non-hydrogen) atoms. The number of hydrogen-bond donors (Lipinski definition) is 1. The van der Waals surface area contributed by atoms with Crippen LogP contribution in [-0.4, -0.2) is 26.1 Å². The van der Waals surface area contributed by atoms with Crippen molar-refractivity contribution in [1.29, 1.82) is 0 Å². The highest BCUT2D eigenvalue weighted by Crippen LogP contribution is 2.10. The van der Waals surface area contributed by atoms with Gasteiger partial charge in [0.2, 0.25) is 0 Å². The molecule has 0 atom stereocenters. The zero-order valence-electron chi connectivity index (χ0n) is 10.9. The third-order valence-corrected chi connectivity index (χ3v) is 2.88. The van der Waals surface area contributed by atoms with Crippen LogP contribution in [0.25, 0.3) is 5.69 Å². The summed E-state index contributed by atoms with van der Waals surface area (Å²) in [6.45, 7) is 2.03. The van der Waals surface area contributed by atoms with Crippen LogP contribution < -0.4 is 0 Å². The number of nitrogens with zero attached hydrogens (tertiary/aromatic N) is 3. The van der Waals surface area contributed by atoms with Gasteiger partial charge in [0.25, 0.3) is 0 Å². The Kier molecular flexibility index (Phi) is 4.28. The van der Waals surface area contributed by atoms with Crippen LogP contribution in [0.2, 0.25) is 0 Å². The van der Waals surface area contributed by atoms with Crippen molar-refractivity contribution >= 4 is 5.97 Å². The van der Waals surface area contributed by atoms with Crippen LogP contribution in [0.4, 0.5) is 0 Å². The second-order valence-corrected chi connectivity index (χ2v) is 4.59. The molecule has 1 N–H and O–H groups in total. The van der Waals surface area contributed by atoms with Gasteiger partial charge in [-0.05, 0) is 43.9 Å². The number of carboxylic acid groups (broad SMARTS) is 1. The summed E-state index contributed by atoms with van der Waals surface area (Å²) in [4.78, 5) is 10.4. The summed E-state index contributed by atoms with van der Waals surface area (Å²) in [6, 6.07) is 8.05. The molecule has 0 aliphatic rings. The fourth-order valence-electron chi connectivity index (χ4n) is 1.89. The summed E-state index contributed by atoms with van der Waals surface area (Å²) in [5.41, 5.74) is 3.06. The highest BCUT2D eigenvalue weighted by molar-refractivity contribution is 5.66. The lowest BCUT2D eigenvalue weighted by Gasteiger charge is -2.00. The van der Waals surface area contributed by atoms with Gasteiger partial charge in [-0.1, -0.05) is 17.3 Å². The maximum atomic E-state index is 10.4. The van der Waals surface area contributed by atoms with E-state index in [1.807, 2.05) is 37.4 Å². The molecule has 0 fully saturated rings. The molecule has 0 aliphatic carbocycles. The van der Waals surface area contributed by atoms with Crippen molar-refractivity contribution in [3.05, 3.63) is 41.7 Å². The smallest absolute Gasteiger partial charge is 0.303 e. The first kappa shape index (κ1) is 13.3. The van der Waals surface area contributed by atoms with E-state index in [4.69, 9.17) is 5.11 Å². The molecule has 0 aliphatic heterocycles. The summed E-state index contributed by atoms with van der Waals surface area (Å²) < 4.78 is 1.75. The van der Waals surface area contributed by atoms with Crippen LogP contribution in [0, 0.1) is 6.92 Å². The number of carbonyl (C=O) groups is 1. The van der Waals surface area contributed by atoms with Crippen molar-refractivity contribution in [1.82, 2.24) is 15.0 Å². The van der Waals surface area contributed by atoms with Crippen molar-refractivity contribution in [2.45, 2.75) is 32.6 Å². The highest BCUT2D eigenvalue weighted by Gasteiger charge is 2.04. The molecule has 2 rings (SSSR count). The number of hydrogen-bond acceptors (Lipinski definition) is 3. The summed E-state index contributed by atoms with van der Waals surface area (Å²) in [5.74, 6) is -0.747. The lowest BCUT2D eigenvalue weighted by Crippen LogP contribution is -1.95. The monoisotopic (exact) mass is 259 g/mol. The lowest BCUT2D eigenvalue weighted by atomic mass is 10.1. The molecule has 1 aromatic carbocycles. The minimum Gasteiger partial charge on any atom is -0.481 e. The lowest BCUT2D eigenvalue weighted by molar-refractivity contribution is -0.137. The molecule has 0 amide bonds. The Morgan fingerprint density at radius 3 is 2.95 bits per heavy atom. The molecule has 0 bridgehead atoms.